The van der Waals surface area contributed by atoms with E-state index in [0.717, 1.165) is 19.6 Å². The first kappa shape index (κ1) is 11.0. The first-order chi connectivity index (χ1) is 5.16. The zero-order valence-electron chi connectivity index (χ0n) is 7.40. The molecular formula is C9H17ClO. The quantitative estimate of drug-likeness (QED) is 0.344. The molecule has 0 N–H and O–H groups in total. The minimum absolute atomic E-state index is 0.460. The van der Waals surface area contributed by atoms with Crippen LogP contribution < -0.4 is 0 Å². The third kappa shape index (κ3) is 7.89. The summed E-state index contributed by atoms with van der Waals surface area (Å²) < 4.78 is 5.35. The van der Waals surface area contributed by atoms with Crippen LogP contribution in [0.15, 0.2) is 12.2 Å². The summed E-state index contributed by atoms with van der Waals surface area (Å²) in [7, 11) is 0. The van der Waals surface area contributed by atoms with Crippen molar-refractivity contribution in [2.45, 2.75) is 20.3 Å². The van der Waals surface area contributed by atoms with Gasteiger partial charge in [-0.2, -0.15) is 0 Å². The number of halogens is 1. The van der Waals surface area contributed by atoms with Gasteiger partial charge in [-0.1, -0.05) is 12.5 Å². The highest BCUT2D eigenvalue weighted by atomic mass is 35.5. The maximum Gasteiger partial charge on any atom is 0.0503 e. The van der Waals surface area contributed by atoms with Crippen molar-refractivity contribution in [3.63, 3.8) is 0 Å². The number of rotatable bonds is 6. The van der Waals surface area contributed by atoms with E-state index in [0.29, 0.717) is 11.8 Å². The molecule has 0 bridgehead atoms. The number of alkyl halides is 1. The zero-order chi connectivity index (χ0) is 8.69. The Morgan fingerprint density at radius 3 is 2.73 bits per heavy atom. The largest absolute Gasteiger partial charge is 0.381 e. The molecule has 0 amide bonds. The summed E-state index contributed by atoms with van der Waals surface area (Å²) in [6.07, 6.45) is 0.953. The van der Waals surface area contributed by atoms with Crippen molar-refractivity contribution in [2.24, 2.45) is 5.92 Å². The van der Waals surface area contributed by atoms with Gasteiger partial charge in [0.1, 0.15) is 0 Å². The fourth-order valence-corrected chi connectivity index (χ4v) is 0.665. The van der Waals surface area contributed by atoms with Crippen LogP contribution in [0.25, 0.3) is 0 Å². The van der Waals surface area contributed by atoms with E-state index in [2.05, 4.69) is 13.5 Å². The summed E-state index contributed by atoms with van der Waals surface area (Å²) in [6.45, 7) is 9.41. The topological polar surface area (TPSA) is 9.23 Å². The molecule has 0 aromatic carbocycles. The molecule has 0 aliphatic heterocycles. The minimum Gasteiger partial charge on any atom is -0.381 e. The van der Waals surface area contributed by atoms with E-state index in [1.165, 1.54) is 5.57 Å². The lowest BCUT2D eigenvalue weighted by molar-refractivity contribution is 0.113. The molecule has 66 valence electrons. The monoisotopic (exact) mass is 176 g/mol. The maximum atomic E-state index is 5.60. The van der Waals surface area contributed by atoms with E-state index in [1.54, 1.807) is 0 Å². The van der Waals surface area contributed by atoms with Crippen LogP contribution in [0.4, 0.5) is 0 Å². The van der Waals surface area contributed by atoms with Gasteiger partial charge in [0.2, 0.25) is 0 Å². The Kier molecular flexibility index (Phi) is 6.68. The molecular weight excluding hydrogens is 160 g/mol. The fourth-order valence-electron chi connectivity index (χ4n) is 0.575. The van der Waals surface area contributed by atoms with Crippen molar-refractivity contribution in [3.05, 3.63) is 12.2 Å². The molecule has 0 spiro atoms. The van der Waals surface area contributed by atoms with Crippen molar-refractivity contribution in [1.29, 1.82) is 0 Å². The Hall–Kier alpha value is -0.0100. The van der Waals surface area contributed by atoms with Crippen molar-refractivity contribution < 1.29 is 4.74 Å². The van der Waals surface area contributed by atoms with Crippen LogP contribution in [-0.4, -0.2) is 19.1 Å². The molecule has 0 heterocycles. The Bertz CT molecular complexity index is 112. The predicted molar refractivity (Wildman–Crippen MR) is 50.1 cm³/mol. The van der Waals surface area contributed by atoms with Crippen LogP contribution in [0.2, 0.25) is 0 Å². The average molecular weight is 177 g/mol. The highest BCUT2D eigenvalue weighted by molar-refractivity contribution is 6.18. The highest BCUT2D eigenvalue weighted by Gasteiger charge is 1.98. The van der Waals surface area contributed by atoms with Gasteiger partial charge in [-0.3, -0.25) is 0 Å². The third-order valence-electron chi connectivity index (χ3n) is 1.34. The van der Waals surface area contributed by atoms with Crippen LogP contribution in [0.3, 0.4) is 0 Å². The second kappa shape index (κ2) is 6.68. The third-order valence-corrected chi connectivity index (χ3v) is 1.87. The summed E-state index contributed by atoms with van der Waals surface area (Å²) >= 11 is 5.60. The van der Waals surface area contributed by atoms with Crippen molar-refractivity contribution in [3.8, 4) is 0 Å². The van der Waals surface area contributed by atoms with Gasteiger partial charge in [0.05, 0.1) is 13.2 Å². The molecule has 1 atom stereocenters. The van der Waals surface area contributed by atoms with Gasteiger partial charge in [0, 0.05) is 5.88 Å². The van der Waals surface area contributed by atoms with Crippen LogP contribution in [-0.2, 0) is 4.74 Å². The lowest BCUT2D eigenvalue weighted by atomic mass is 10.2. The summed E-state index contributed by atoms with van der Waals surface area (Å²) in [4.78, 5) is 0. The summed E-state index contributed by atoms with van der Waals surface area (Å²) in [6, 6.07) is 0. The molecule has 0 saturated carbocycles. The van der Waals surface area contributed by atoms with E-state index in [4.69, 9.17) is 16.3 Å². The van der Waals surface area contributed by atoms with Gasteiger partial charge in [-0.15, -0.1) is 18.2 Å². The van der Waals surface area contributed by atoms with Crippen LogP contribution in [0.5, 0.6) is 0 Å². The van der Waals surface area contributed by atoms with E-state index in [-0.39, 0.29) is 0 Å². The first-order valence-electron chi connectivity index (χ1n) is 3.95. The summed E-state index contributed by atoms with van der Waals surface area (Å²) in [5.41, 5.74) is 1.17. The smallest absolute Gasteiger partial charge is 0.0503 e. The van der Waals surface area contributed by atoms with Crippen molar-refractivity contribution in [2.75, 3.05) is 19.1 Å². The molecule has 1 unspecified atom stereocenters. The molecule has 0 aliphatic rings. The Balaban J connectivity index is 3.08. The molecule has 0 aromatic rings. The second-order valence-corrected chi connectivity index (χ2v) is 3.35. The molecule has 2 heteroatoms. The van der Waals surface area contributed by atoms with Gasteiger partial charge in [-0.05, 0) is 19.3 Å². The lowest BCUT2D eigenvalue weighted by Gasteiger charge is -2.07. The summed E-state index contributed by atoms with van der Waals surface area (Å²) in [5, 5.41) is 0. The number of hydrogen-bond acceptors (Lipinski definition) is 1. The molecule has 0 radical (unpaired) electrons. The molecule has 0 fully saturated rings. The minimum atomic E-state index is 0.460. The molecule has 0 aliphatic carbocycles. The van der Waals surface area contributed by atoms with Gasteiger partial charge in [-0.25, -0.2) is 0 Å². The second-order valence-electron chi connectivity index (χ2n) is 3.04. The highest BCUT2D eigenvalue weighted by Crippen LogP contribution is 2.00. The molecule has 0 aromatic heterocycles. The van der Waals surface area contributed by atoms with Gasteiger partial charge in [0.15, 0.2) is 0 Å². The van der Waals surface area contributed by atoms with Crippen LogP contribution in [0.1, 0.15) is 20.3 Å². The first-order valence-corrected chi connectivity index (χ1v) is 4.48. The van der Waals surface area contributed by atoms with Crippen LogP contribution >= 0.6 is 11.6 Å². The summed E-state index contributed by atoms with van der Waals surface area (Å²) in [5.74, 6) is 1.13. The molecule has 1 nitrogen and oxygen atoms in total. The average Bonchev–Trinajstić information content (AvgIpc) is 1.97. The van der Waals surface area contributed by atoms with E-state index in [9.17, 15) is 0 Å². The predicted octanol–water partition coefficient (Wildman–Crippen LogP) is 2.84. The SMILES string of the molecule is C=C(C)CCOCC(C)CCl. The standard InChI is InChI=1S/C9H17ClO/c1-8(2)4-5-11-7-9(3)6-10/h9H,1,4-7H2,2-3H3. The normalized spacial score (nSPS) is 13.0. The van der Waals surface area contributed by atoms with Gasteiger partial charge in [0.25, 0.3) is 0 Å². The molecule has 0 saturated heterocycles. The van der Waals surface area contributed by atoms with Crippen molar-refractivity contribution in [1.82, 2.24) is 0 Å². The van der Waals surface area contributed by atoms with Crippen LogP contribution in [0, 0.1) is 5.92 Å². The Morgan fingerprint density at radius 2 is 2.27 bits per heavy atom. The fraction of sp³-hybridized carbons (Fsp3) is 0.778. The number of ether oxygens (including phenoxy) is 1. The Morgan fingerprint density at radius 1 is 1.64 bits per heavy atom. The number of hydrogen-bond donors (Lipinski definition) is 0. The van der Waals surface area contributed by atoms with Crippen molar-refractivity contribution >= 4 is 11.6 Å². The van der Waals surface area contributed by atoms with Gasteiger partial charge >= 0.3 is 0 Å². The van der Waals surface area contributed by atoms with E-state index < -0.39 is 0 Å². The molecule has 0 rings (SSSR count). The lowest BCUT2D eigenvalue weighted by Crippen LogP contribution is -2.07. The molecule has 11 heavy (non-hydrogen) atoms. The van der Waals surface area contributed by atoms with Gasteiger partial charge < -0.3 is 4.74 Å². The maximum absolute atomic E-state index is 5.60. The van der Waals surface area contributed by atoms with E-state index in [1.807, 2.05) is 6.92 Å². The van der Waals surface area contributed by atoms with E-state index >= 15 is 0 Å². The zero-order valence-corrected chi connectivity index (χ0v) is 8.16. The Labute approximate surface area is 74.4 Å².